The summed E-state index contributed by atoms with van der Waals surface area (Å²) in [7, 11) is 0. The molecule has 1 aromatic carbocycles. The number of anilines is 1. The molecule has 4 atom stereocenters. The largest absolute Gasteiger partial charge is 0.442 e. The van der Waals surface area contributed by atoms with Crippen LogP contribution in [0, 0.1) is 5.92 Å². The van der Waals surface area contributed by atoms with Crippen LogP contribution in [0.2, 0.25) is 0 Å². The molecule has 1 aromatic rings. The number of benzene rings is 1. The monoisotopic (exact) mass is 416 g/mol. The summed E-state index contributed by atoms with van der Waals surface area (Å²) in [6, 6.07) is 7.90. The first-order valence-electron chi connectivity index (χ1n) is 10.3. The molecule has 3 aliphatic rings. The lowest BCUT2D eigenvalue weighted by atomic mass is 9.94. The van der Waals surface area contributed by atoms with Gasteiger partial charge < -0.3 is 20.1 Å². The maximum Gasteiger partial charge on any atom is 0.414 e. The number of aliphatic hydroxyl groups excluding tert-OH is 1. The van der Waals surface area contributed by atoms with Crippen LogP contribution in [-0.2, 0) is 19.7 Å². The Hall–Kier alpha value is -2.65. The fourth-order valence-corrected chi connectivity index (χ4v) is 4.54. The molecule has 9 heteroatoms. The van der Waals surface area contributed by atoms with Gasteiger partial charge in [0, 0.05) is 31.1 Å². The third-order valence-electron chi connectivity index (χ3n) is 6.25. The van der Waals surface area contributed by atoms with Crippen LogP contribution in [0.15, 0.2) is 24.3 Å². The van der Waals surface area contributed by atoms with Crippen molar-refractivity contribution in [3.63, 3.8) is 0 Å². The summed E-state index contributed by atoms with van der Waals surface area (Å²) in [4.78, 5) is 39.0. The topological polar surface area (TPSA) is 111 Å². The van der Waals surface area contributed by atoms with E-state index in [0.29, 0.717) is 25.6 Å². The van der Waals surface area contributed by atoms with Gasteiger partial charge in [-0.1, -0.05) is 12.1 Å². The van der Waals surface area contributed by atoms with Crippen LogP contribution in [0.5, 0.6) is 0 Å². The number of aliphatic hydroxyl groups is 1. The number of likely N-dealkylation sites (tertiary alicyclic amines) is 1. The molecule has 4 rings (SSSR count). The van der Waals surface area contributed by atoms with Gasteiger partial charge in [-0.3, -0.25) is 19.8 Å². The van der Waals surface area contributed by atoms with Crippen molar-refractivity contribution >= 4 is 23.6 Å². The van der Waals surface area contributed by atoms with Gasteiger partial charge in [0.1, 0.15) is 12.3 Å². The number of amides is 3. The molecule has 2 saturated heterocycles. The molecular formula is C21H28N4O5. The third kappa shape index (κ3) is 3.99. The zero-order valence-corrected chi connectivity index (χ0v) is 17.3. The molecule has 30 heavy (non-hydrogen) atoms. The number of hydrogen-bond acceptors (Lipinski definition) is 6. The number of carbonyl (C=O) groups is 3. The van der Waals surface area contributed by atoms with Gasteiger partial charge in [-0.2, -0.15) is 0 Å². The lowest BCUT2D eigenvalue weighted by Crippen LogP contribution is -2.41. The number of rotatable bonds is 7. The van der Waals surface area contributed by atoms with Crippen molar-refractivity contribution in [3.8, 4) is 0 Å². The van der Waals surface area contributed by atoms with E-state index in [0.717, 1.165) is 18.7 Å². The highest BCUT2D eigenvalue weighted by Gasteiger charge is 2.61. The van der Waals surface area contributed by atoms with Gasteiger partial charge in [-0.25, -0.2) is 4.79 Å². The lowest BCUT2D eigenvalue weighted by Gasteiger charge is -2.22. The first-order valence-corrected chi connectivity index (χ1v) is 10.3. The van der Waals surface area contributed by atoms with Crippen molar-refractivity contribution in [3.05, 3.63) is 29.8 Å². The minimum absolute atomic E-state index is 0.00151. The predicted octanol–water partition coefficient (Wildman–Crippen LogP) is 0.176. The summed E-state index contributed by atoms with van der Waals surface area (Å²) in [6.07, 6.45) is -0.423. The summed E-state index contributed by atoms with van der Waals surface area (Å²) >= 11 is 0. The van der Waals surface area contributed by atoms with Gasteiger partial charge >= 0.3 is 6.09 Å². The van der Waals surface area contributed by atoms with Gasteiger partial charge in [0.25, 0.3) is 0 Å². The van der Waals surface area contributed by atoms with Crippen molar-refractivity contribution < 1.29 is 24.2 Å². The Kier molecular flexibility index (Phi) is 5.42. The first kappa shape index (κ1) is 20.6. The number of hydrogen-bond donors (Lipinski definition) is 3. The third-order valence-corrected chi connectivity index (χ3v) is 6.25. The van der Waals surface area contributed by atoms with Crippen molar-refractivity contribution in [1.82, 2.24) is 15.5 Å². The van der Waals surface area contributed by atoms with Gasteiger partial charge in [-0.05, 0) is 37.0 Å². The zero-order chi connectivity index (χ0) is 21.5. The fraction of sp³-hybridized carbons (Fsp3) is 0.571. The van der Waals surface area contributed by atoms with E-state index >= 15 is 0 Å². The molecule has 2 heterocycles. The number of cyclic esters (lactones) is 1. The summed E-state index contributed by atoms with van der Waals surface area (Å²) in [6.45, 7) is 5.28. The van der Waals surface area contributed by atoms with Crippen molar-refractivity contribution in [2.45, 2.75) is 38.0 Å². The Morgan fingerprint density at radius 3 is 2.70 bits per heavy atom. The second-order valence-electron chi connectivity index (χ2n) is 8.49. The minimum atomic E-state index is -0.706. The molecule has 3 N–H and O–H groups in total. The highest BCUT2D eigenvalue weighted by atomic mass is 16.6. The summed E-state index contributed by atoms with van der Waals surface area (Å²) in [5, 5.41) is 14.7. The summed E-state index contributed by atoms with van der Waals surface area (Å²) in [5.74, 6) is 0.305. The number of fused-ring (bicyclic) bond motifs is 1. The minimum Gasteiger partial charge on any atom is -0.442 e. The maximum atomic E-state index is 12.3. The van der Waals surface area contributed by atoms with E-state index in [1.807, 2.05) is 29.2 Å². The molecule has 0 spiro atoms. The highest BCUT2D eigenvalue weighted by molar-refractivity contribution is 5.90. The van der Waals surface area contributed by atoms with E-state index < -0.39 is 12.3 Å². The molecule has 162 valence electrons. The number of ether oxygens (including phenoxy) is 1. The Morgan fingerprint density at radius 2 is 2.03 bits per heavy atom. The molecule has 0 bridgehead atoms. The molecule has 1 saturated carbocycles. The average molecular weight is 416 g/mol. The maximum absolute atomic E-state index is 12.3. The summed E-state index contributed by atoms with van der Waals surface area (Å²) < 4.78 is 5.32. The van der Waals surface area contributed by atoms with Crippen molar-refractivity contribution in [2.75, 3.05) is 37.6 Å². The lowest BCUT2D eigenvalue weighted by molar-refractivity contribution is -0.130. The number of carbonyl (C=O) groups excluding carboxylic acids is 3. The molecule has 4 unspecified atom stereocenters. The van der Waals surface area contributed by atoms with Crippen LogP contribution in [0.3, 0.4) is 0 Å². The molecule has 0 radical (unpaired) electrons. The Bertz CT molecular complexity index is 842. The van der Waals surface area contributed by atoms with E-state index in [9.17, 15) is 19.5 Å². The molecule has 3 amide bonds. The fourth-order valence-electron chi connectivity index (χ4n) is 4.54. The molecule has 0 aromatic heterocycles. The normalized spacial score (nSPS) is 28.2. The number of nitrogens with zero attached hydrogens (tertiary/aromatic N) is 2. The molecule has 2 aliphatic heterocycles. The molecular weight excluding hydrogens is 388 g/mol. The zero-order valence-electron chi connectivity index (χ0n) is 17.3. The number of nitrogens with one attached hydrogen (secondary N) is 2. The molecule has 1 aliphatic carbocycles. The SMILES string of the molecule is CC(=O)NCC1CN(c2ccc(C34CC3CN(C(=O)CNC(C)O)C4)cc2)C(=O)O1. The first-order chi connectivity index (χ1) is 14.3. The van der Waals surface area contributed by atoms with E-state index in [1.54, 1.807) is 11.8 Å². The smallest absolute Gasteiger partial charge is 0.414 e. The van der Waals surface area contributed by atoms with Crippen LogP contribution < -0.4 is 15.5 Å². The summed E-state index contributed by atoms with van der Waals surface area (Å²) in [5.41, 5.74) is 1.94. The van der Waals surface area contributed by atoms with Crippen molar-refractivity contribution in [2.24, 2.45) is 5.92 Å². The van der Waals surface area contributed by atoms with Crippen LogP contribution >= 0.6 is 0 Å². The van der Waals surface area contributed by atoms with E-state index in [2.05, 4.69) is 10.6 Å². The predicted molar refractivity (Wildman–Crippen MR) is 109 cm³/mol. The van der Waals surface area contributed by atoms with Gasteiger partial charge in [0.05, 0.1) is 19.6 Å². The standard InChI is InChI=1S/C21H28N4O5/c1-13(26)22-8-18-11-25(20(29)30-18)17-5-3-15(4-6-17)21-7-16(21)10-24(12-21)19(28)9-23-14(2)27/h3-6,14,16,18,23,27H,7-12H2,1-2H3,(H,22,26). The quantitative estimate of drug-likeness (QED) is 0.547. The molecule has 3 fully saturated rings. The van der Waals surface area contributed by atoms with Crippen molar-refractivity contribution in [1.29, 1.82) is 0 Å². The van der Waals surface area contributed by atoms with Gasteiger partial charge in [0.15, 0.2) is 0 Å². The van der Waals surface area contributed by atoms with Gasteiger partial charge in [-0.15, -0.1) is 0 Å². The van der Waals surface area contributed by atoms with Crippen LogP contribution in [0.4, 0.5) is 10.5 Å². The van der Waals surface area contributed by atoms with Crippen LogP contribution in [0.25, 0.3) is 0 Å². The Morgan fingerprint density at radius 1 is 1.30 bits per heavy atom. The highest BCUT2D eigenvalue weighted by Crippen LogP contribution is 2.59. The Labute approximate surface area is 175 Å². The van der Waals surface area contributed by atoms with Gasteiger partial charge in [0.2, 0.25) is 11.8 Å². The second-order valence-corrected chi connectivity index (χ2v) is 8.49. The van der Waals surface area contributed by atoms with E-state index in [4.69, 9.17) is 4.74 Å². The second kappa shape index (κ2) is 7.88. The van der Waals surface area contributed by atoms with Crippen LogP contribution in [-0.4, -0.2) is 73.0 Å². The van der Waals surface area contributed by atoms with E-state index in [1.165, 1.54) is 12.5 Å². The number of piperidine rings is 1. The molecule has 9 nitrogen and oxygen atoms in total. The average Bonchev–Trinajstić information content (AvgIpc) is 3.07. The van der Waals surface area contributed by atoms with E-state index in [-0.39, 0.29) is 29.9 Å². The Balaban J connectivity index is 1.37. The van der Waals surface area contributed by atoms with Crippen LogP contribution in [0.1, 0.15) is 25.8 Å².